The molecule has 0 bridgehead atoms. The lowest BCUT2D eigenvalue weighted by Gasteiger charge is -2.17. The van der Waals surface area contributed by atoms with Gasteiger partial charge in [-0.2, -0.15) is 0 Å². The maximum Gasteiger partial charge on any atom is 0.191 e. The number of aliphatic imine (C=N–C) groups is 1. The molecule has 0 fully saturated rings. The molecule has 0 amide bonds. The summed E-state index contributed by atoms with van der Waals surface area (Å²) >= 11 is 0. The van der Waals surface area contributed by atoms with E-state index in [4.69, 9.17) is 0 Å². The van der Waals surface area contributed by atoms with Crippen LogP contribution in [0, 0.1) is 6.92 Å². The fourth-order valence-corrected chi connectivity index (χ4v) is 3.85. The quantitative estimate of drug-likeness (QED) is 0.544. The molecule has 0 aliphatic heterocycles. The molecule has 0 saturated carbocycles. The lowest BCUT2D eigenvalue weighted by molar-refractivity contribution is 0.601. The van der Waals surface area contributed by atoms with Crippen LogP contribution in [0.25, 0.3) is 0 Å². The van der Waals surface area contributed by atoms with E-state index in [2.05, 4.69) is 20.6 Å². The molecule has 0 unspecified atom stereocenters. The van der Waals surface area contributed by atoms with Crippen molar-refractivity contribution in [3.8, 4) is 0 Å². The van der Waals surface area contributed by atoms with Gasteiger partial charge >= 0.3 is 0 Å². The molecule has 2 aromatic rings. The summed E-state index contributed by atoms with van der Waals surface area (Å²) in [5.41, 5.74) is 2.77. The summed E-state index contributed by atoms with van der Waals surface area (Å²) in [6.45, 7) is 5.61. The van der Waals surface area contributed by atoms with Gasteiger partial charge in [0, 0.05) is 45.2 Å². The average molecular weight is 404 g/mol. The first-order valence-electron chi connectivity index (χ1n) is 9.15. The van der Waals surface area contributed by atoms with Crippen LogP contribution in [0.5, 0.6) is 0 Å². The fourth-order valence-electron chi connectivity index (χ4n) is 2.89. The zero-order chi connectivity index (χ0) is 20.7. The molecule has 2 rings (SSSR count). The molecule has 1 aromatic carbocycles. The third-order valence-corrected chi connectivity index (χ3v) is 5.40. The monoisotopic (exact) mass is 403 g/mol. The van der Waals surface area contributed by atoms with E-state index >= 15 is 0 Å². The van der Waals surface area contributed by atoms with E-state index in [1.54, 1.807) is 19.2 Å². The Hall–Kier alpha value is -2.61. The summed E-state index contributed by atoms with van der Waals surface area (Å²) in [7, 11) is 0.721. The number of rotatable bonds is 7. The van der Waals surface area contributed by atoms with Crippen LogP contribution in [0.15, 0.2) is 46.4 Å². The lowest BCUT2D eigenvalue weighted by atomic mass is 10.1. The largest absolute Gasteiger partial charge is 0.362 e. The van der Waals surface area contributed by atoms with Crippen LogP contribution in [0.3, 0.4) is 0 Å². The number of anilines is 1. The molecule has 0 aliphatic rings. The van der Waals surface area contributed by atoms with E-state index < -0.39 is 9.84 Å². The van der Waals surface area contributed by atoms with E-state index in [1.807, 2.05) is 50.2 Å². The van der Waals surface area contributed by atoms with Gasteiger partial charge in [0.1, 0.15) is 5.82 Å². The minimum atomic E-state index is -3.21. The molecule has 0 radical (unpaired) electrons. The van der Waals surface area contributed by atoms with Crippen molar-refractivity contribution in [3.05, 3.63) is 53.2 Å². The fraction of sp³-hybridized carbons (Fsp3) is 0.400. The topological polar surface area (TPSA) is 86.7 Å². The molecule has 8 heteroatoms. The Morgan fingerprint density at radius 1 is 1.21 bits per heavy atom. The van der Waals surface area contributed by atoms with Gasteiger partial charge in [-0.3, -0.25) is 0 Å². The van der Waals surface area contributed by atoms with Crippen molar-refractivity contribution in [2.24, 2.45) is 4.99 Å². The first-order chi connectivity index (χ1) is 13.2. The Morgan fingerprint density at radius 3 is 2.57 bits per heavy atom. The van der Waals surface area contributed by atoms with Crippen LogP contribution in [-0.2, 0) is 22.9 Å². The third-order valence-electron chi connectivity index (χ3n) is 4.14. The van der Waals surface area contributed by atoms with Crippen molar-refractivity contribution < 1.29 is 8.42 Å². The number of nitrogens with one attached hydrogen (secondary N) is 2. The van der Waals surface area contributed by atoms with E-state index in [0.29, 0.717) is 23.9 Å². The highest BCUT2D eigenvalue weighted by Crippen LogP contribution is 2.17. The molecule has 0 atom stereocenters. The Kier molecular flexibility index (Phi) is 7.39. The molecule has 0 saturated heterocycles. The van der Waals surface area contributed by atoms with Gasteiger partial charge in [0.05, 0.1) is 11.4 Å². The normalized spacial score (nSPS) is 12.0. The van der Waals surface area contributed by atoms with Gasteiger partial charge in [0.15, 0.2) is 15.8 Å². The van der Waals surface area contributed by atoms with Crippen LogP contribution in [0.4, 0.5) is 5.82 Å². The highest BCUT2D eigenvalue weighted by molar-refractivity contribution is 7.90. The maximum absolute atomic E-state index is 11.8. The van der Waals surface area contributed by atoms with Crippen LogP contribution in [0.1, 0.15) is 23.6 Å². The summed E-state index contributed by atoms with van der Waals surface area (Å²) < 4.78 is 23.5. The van der Waals surface area contributed by atoms with Gasteiger partial charge in [-0.05, 0) is 37.1 Å². The predicted molar refractivity (Wildman–Crippen MR) is 115 cm³/mol. The smallest absolute Gasteiger partial charge is 0.191 e. The van der Waals surface area contributed by atoms with Gasteiger partial charge in [-0.1, -0.05) is 18.2 Å². The average Bonchev–Trinajstić information content (AvgIpc) is 2.63. The molecule has 28 heavy (non-hydrogen) atoms. The van der Waals surface area contributed by atoms with E-state index in [0.717, 1.165) is 29.1 Å². The number of guanidine groups is 1. The standard InChI is InChI=1S/C20H29N5O2S/c1-6-21-20(24-14-17-8-7-11-22-19(17)25(3)4)23-13-16-9-10-18(15(2)12-16)28(5,26)27/h7-12H,6,13-14H2,1-5H3,(H2,21,23,24). The van der Waals surface area contributed by atoms with Crippen LogP contribution in [0.2, 0.25) is 0 Å². The second-order valence-corrected chi connectivity index (χ2v) is 8.79. The van der Waals surface area contributed by atoms with E-state index in [9.17, 15) is 8.42 Å². The van der Waals surface area contributed by atoms with Crippen LogP contribution in [-0.4, -0.2) is 46.3 Å². The highest BCUT2D eigenvalue weighted by atomic mass is 32.2. The molecule has 7 nitrogen and oxygen atoms in total. The number of aromatic nitrogens is 1. The first kappa shape index (κ1) is 21.7. The lowest BCUT2D eigenvalue weighted by Crippen LogP contribution is -2.37. The molecule has 152 valence electrons. The minimum Gasteiger partial charge on any atom is -0.362 e. The zero-order valence-corrected chi connectivity index (χ0v) is 18.0. The van der Waals surface area contributed by atoms with Crippen molar-refractivity contribution in [1.82, 2.24) is 15.6 Å². The SMILES string of the molecule is CCNC(=NCc1ccc(S(C)(=O)=O)c(C)c1)NCc1cccnc1N(C)C. The minimum absolute atomic E-state index is 0.359. The molecule has 2 N–H and O–H groups in total. The van der Waals surface area contributed by atoms with Crippen LogP contribution < -0.4 is 15.5 Å². The molecule has 1 aromatic heterocycles. The van der Waals surface area contributed by atoms with Crippen molar-refractivity contribution >= 4 is 21.6 Å². The Morgan fingerprint density at radius 2 is 1.96 bits per heavy atom. The second kappa shape index (κ2) is 9.54. The maximum atomic E-state index is 11.8. The Bertz CT molecular complexity index is 939. The molecular weight excluding hydrogens is 374 g/mol. The van der Waals surface area contributed by atoms with Gasteiger partial charge in [-0.25, -0.2) is 18.4 Å². The summed E-state index contributed by atoms with van der Waals surface area (Å²) in [4.78, 5) is 11.4. The number of hydrogen-bond donors (Lipinski definition) is 2. The third kappa shape index (κ3) is 5.95. The second-order valence-electron chi connectivity index (χ2n) is 6.80. The molecule has 0 spiro atoms. The van der Waals surface area contributed by atoms with Gasteiger partial charge in [0.25, 0.3) is 0 Å². The molecule has 0 aliphatic carbocycles. The number of hydrogen-bond acceptors (Lipinski definition) is 5. The van der Waals surface area contributed by atoms with Gasteiger partial charge < -0.3 is 15.5 Å². The Labute approximate surface area is 167 Å². The number of benzene rings is 1. The predicted octanol–water partition coefficient (Wildman–Crippen LogP) is 2.11. The summed E-state index contributed by atoms with van der Waals surface area (Å²) in [6, 6.07) is 9.28. The molecule has 1 heterocycles. The number of sulfone groups is 1. The summed E-state index contributed by atoms with van der Waals surface area (Å²) in [5.74, 6) is 1.61. The summed E-state index contributed by atoms with van der Waals surface area (Å²) in [5, 5.41) is 6.56. The van der Waals surface area contributed by atoms with Crippen LogP contribution >= 0.6 is 0 Å². The first-order valence-corrected chi connectivity index (χ1v) is 11.0. The Balaban J connectivity index is 2.12. The van der Waals surface area contributed by atoms with Gasteiger partial charge in [-0.15, -0.1) is 0 Å². The zero-order valence-electron chi connectivity index (χ0n) is 17.2. The van der Waals surface area contributed by atoms with E-state index in [-0.39, 0.29) is 0 Å². The highest BCUT2D eigenvalue weighted by Gasteiger charge is 2.11. The van der Waals surface area contributed by atoms with Crippen molar-refractivity contribution in [2.75, 3.05) is 31.8 Å². The molecular formula is C20H29N5O2S. The number of aryl methyl sites for hydroxylation is 1. The van der Waals surface area contributed by atoms with Crippen molar-refractivity contribution in [3.63, 3.8) is 0 Å². The number of pyridine rings is 1. The van der Waals surface area contributed by atoms with Gasteiger partial charge in [0.2, 0.25) is 0 Å². The number of nitrogens with zero attached hydrogens (tertiary/aromatic N) is 3. The van der Waals surface area contributed by atoms with E-state index in [1.165, 1.54) is 6.26 Å². The summed E-state index contributed by atoms with van der Waals surface area (Å²) in [6.07, 6.45) is 3.00. The van der Waals surface area contributed by atoms with Crippen molar-refractivity contribution in [2.45, 2.75) is 31.8 Å². The van der Waals surface area contributed by atoms with Crippen molar-refractivity contribution in [1.29, 1.82) is 0 Å².